The third kappa shape index (κ3) is 3.63. The number of nitro benzene ring substituents is 1. The van der Waals surface area contributed by atoms with Crippen molar-refractivity contribution in [3.63, 3.8) is 0 Å². The highest BCUT2D eigenvalue weighted by molar-refractivity contribution is 9.10. The van der Waals surface area contributed by atoms with E-state index >= 15 is 0 Å². The number of halogens is 2. The summed E-state index contributed by atoms with van der Waals surface area (Å²) in [5, 5.41) is 17.2. The first kappa shape index (κ1) is 14.2. The molecule has 0 radical (unpaired) electrons. The summed E-state index contributed by atoms with van der Waals surface area (Å²) in [6, 6.07) is 2.36. The lowest BCUT2D eigenvalue weighted by atomic mass is 9.99. The molecule has 1 saturated heterocycles. The van der Waals surface area contributed by atoms with Crippen molar-refractivity contribution in [1.29, 1.82) is 0 Å². The molecule has 1 aromatic carbocycles. The number of anilines is 1. The summed E-state index contributed by atoms with van der Waals surface area (Å²) in [6.07, 6.45) is 2.21. The van der Waals surface area contributed by atoms with Crippen LogP contribution in [0.15, 0.2) is 16.6 Å². The van der Waals surface area contributed by atoms with Gasteiger partial charge in [0.2, 0.25) is 0 Å². The van der Waals surface area contributed by atoms with Crippen molar-refractivity contribution in [2.45, 2.75) is 12.8 Å². The molecule has 1 atom stereocenters. The first-order valence-electron chi connectivity index (χ1n) is 6.16. The Labute approximate surface area is 118 Å². The SMILES string of the molecule is O=[N+]([O-])c1cc(F)c(Br)cc1NCC1CCCNC1. The van der Waals surface area contributed by atoms with Crippen LogP contribution in [0.4, 0.5) is 15.8 Å². The molecule has 1 fully saturated rings. The van der Waals surface area contributed by atoms with Gasteiger partial charge in [0.05, 0.1) is 15.5 Å². The summed E-state index contributed by atoms with van der Waals surface area (Å²) in [5.74, 6) is -0.186. The number of piperidine rings is 1. The smallest absolute Gasteiger partial charge is 0.295 e. The van der Waals surface area contributed by atoms with Crippen molar-refractivity contribution in [3.05, 3.63) is 32.5 Å². The van der Waals surface area contributed by atoms with Crippen LogP contribution in [-0.4, -0.2) is 24.6 Å². The number of rotatable bonds is 4. The molecule has 1 unspecified atom stereocenters. The van der Waals surface area contributed by atoms with Crippen molar-refractivity contribution in [3.8, 4) is 0 Å². The second kappa shape index (κ2) is 6.29. The molecule has 5 nitrogen and oxygen atoms in total. The van der Waals surface area contributed by atoms with E-state index in [2.05, 4.69) is 26.6 Å². The summed E-state index contributed by atoms with van der Waals surface area (Å²) in [5.41, 5.74) is 0.119. The monoisotopic (exact) mass is 331 g/mol. The molecule has 1 aromatic rings. The molecule has 0 saturated carbocycles. The predicted molar refractivity (Wildman–Crippen MR) is 74.8 cm³/mol. The van der Waals surface area contributed by atoms with Gasteiger partial charge in [-0.05, 0) is 53.8 Å². The van der Waals surface area contributed by atoms with E-state index in [9.17, 15) is 14.5 Å². The summed E-state index contributed by atoms with van der Waals surface area (Å²) < 4.78 is 13.5. The molecule has 0 aliphatic carbocycles. The first-order valence-corrected chi connectivity index (χ1v) is 6.95. The second-order valence-corrected chi connectivity index (χ2v) is 5.49. The quantitative estimate of drug-likeness (QED) is 0.657. The van der Waals surface area contributed by atoms with E-state index in [1.165, 1.54) is 6.07 Å². The summed E-state index contributed by atoms with van der Waals surface area (Å²) in [6.45, 7) is 2.58. The van der Waals surface area contributed by atoms with Crippen LogP contribution < -0.4 is 10.6 Å². The minimum Gasteiger partial charge on any atom is -0.379 e. The van der Waals surface area contributed by atoms with Crippen LogP contribution in [0.1, 0.15) is 12.8 Å². The normalized spacial score (nSPS) is 19.2. The molecule has 0 amide bonds. The average Bonchev–Trinajstić information content (AvgIpc) is 2.40. The topological polar surface area (TPSA) is 67.2 Å². The maximum absolute atomic E-state index is 13.3. The fourth-order valence-corrected chi connectivity index (χ4v) is 2.52. The first-order chi connectivity index (χ1) is 9.08. The van der Waals surface area contributed by atoms with Gasteiger partial charge in [0.25, 0.3) is 5.69 Å². The zero-order valence-electron chi connectivity index (χ0n) is 10.3. The van der Waals surface area contributed by atoms with E-state index < -0.39 is 10.7 Å². The lowest BCUT2D eigenvalue weighted by Gasteiger charge is -2.23. The van der Waals surface area contributed by atoms with Gasteiger partial charge in [-0.3, -0.25) is 10.1 Å². The summed E-state index contributed by atoms with van der Waals surface area (Å²) >= 11 is 3.05. The average molecular weight is 332 g/mol. The largest absolute Gasteiger partial charge is 0.379 e. The lowest BCUT2D eigenvalue weighted by Crippen LogP contribution is -2.33. The van der Waals surface area contributed by atoms with E-state index in [4.69, 9.17) is 0 Å². The van der Waals surface area contributed by atoms with Crippen LogP contribution >= 0.6 is 15.9 Å². The van der Waals surface area contributed by atoms with Crippen LogP contribution in [0.2, 0.25) is 0 Å². The molecule has 0 bridgehead atoms. The van der Waals surface area contributed by atoms with Gasteiger partial charge >= 0.3 is 0 Å². The van der Waals surface area contributed by atoms with Crippen molar-refractivity contribution in [2.75, 3.05) is 25.0 Å². The number of benzene rings is 1. The molecule has 2 rings (SSSR count). The molecule has 1 heterocycles. The maximum Gasteiger partial charge on any atom is 0.295 e. The Morgan fingerprint density at radius 1 is 1.58 bits per heavy atom. The Kier molecular flexibility index (Phi) is 4.71. The molecular weight excluding hydrogens is 317 g/mol. The minimum absolute atomic E-state index is 0.224. The molecular formula is C12H15BrFN3O2. The second-order valence-electron chi connectivity index (χ2n) is 4.63. The van der Waals surface area contributed by atoms with Crippen LogP contribution in [-0.2, 0) is 0 Å². The highest BCUT2D eigenvalue weighted by Crippen LogP contribution is 2.30. The summed E-state index contributed by atoms with van der Waals surface area (Å²) in [7, 11) is 0. The molecule has 0 aromatic heterocycles. The van der Waals surface area contributed by atoms with Crippen LogP contribution in [0.25, 0.3) is 0 Å². The van der Waals surface area contributed by atoms with Crippen molar-refractivity contribution >= 4 is 27.3 Å². The molecule has 104 valence electrons. The van der Waals surface area contributed by atoms with E-state index in [0.29, 0.717) is 18.2 Å². The van der Waals surface area contributed by atoms with Gasteiger partial charge in [0.1, 0.15) is 11.5 Å². The molecule has 0 spiro atoms. The predicted octanol–water partition coefficient (Wildman–Crippen LogP) is 2.91. The standard InChI is InChI=1S/C12H15BrFN3O2/c13-9-4-11(12(17(18)19)5-10(9)14)16-7-8-2-1-3-15-6-8/h4-5,8,15-16H,1-3,6-7H2. The molecule has 1 aliphatic rings. The molecule has 7 heteroatoms. The van der Waals surface area contributed by atoms with E-state index in [1.807, 2.05) is 0 Å². The van der Waals surface area contributed by atoms with Crippen molar-refractivity contribution in [2.24, 2.45) is 5.92 Å². The fraction of sp³-hybridized carbons (Fsp3) is 0.500. The van der Waals surface area contributed by atoms with Gasteiger partial charge < -0.3 is 10.6 Å². The number of nitro groups is 1. The van der Waals surface area contributed by atoms with Crippen LogP contribution in [0.5, 0.6) is 0 Å². The van der Waals surface area contributed by atoms with Gasteiger partial charge in [0, 0.05) is 6.54 Å². The zero-order chi connectivity index (χ0) is 13.8. The maximum atomic E-state index is 13.3. The van der Waals surface area contributed by atoms with Crippen LogP contribution in [0.3, 0.4) is 0 Å². The van der Waals surface area contributed by atoms with E-state index in [1.54, 1.807) is 0 Å². The van der Waals surface area contributed by atoms with Crippen LogP contribution in [0, 0.1) is 21.8 Å². The number of nitrogens with one attached hydrogen (secondary N) is 2. The van der Waals surface area contributed by atoms with Crippen molar-refractivity contribution < 1.29 is 9.31 Å². The minimum atomic E-state index is -0.628. The Balaban J connectivity index is 2.09. The Morgan fingerprint density at radius 2 is 2.37 bits per heavy atom. The molecule has 19 heavy (non-hydrogen) atoms. The molecule has 2 N–H and O–H groups in total. The Hall–Kier alpha value is -1.21. The Bertz CT molecular complexity index is 478. The third-order valence-electron chi connectivity index (χ3n) is 3.22. The fourth-order valence-electron chi connectivity index (χ4n) is 2.18. The van der Waals surface area contributed by atoms with E-state index in [0.717, 1.165) is 32.0 Å². The number of hydrogen-bond acceptors (Lipinski definition) is 4. The van der Waals surface area contributed by atoms with Gasteiger partial charge in [-0.15, -0.1) is 0 Å². The van der Waals surface area contributed by atoms with Gasteiger partial charge in [-0.1, -0.05) is 0 Å². The lowest BCUT2D eigenvalue weighted by molar-refractivity contribution is -0.384. The highest BCUT2D eigenvalue weighted by Gasteiger charge is 2.19. The van der Waals surface area contributed by atoms with Gasteiger partial charge in [0.15, 0.2) is 0 Å². The number of hydrogen-bond donors (Lipinski definition) is 2. The number of nitrogens with zero attached hydrogens (tertiary/aromatic N) is 1. The third-order valence-corrected chi connectivity index (χ3v) is 3.82. The summed E-state index contributed by atoms with van der Waals surface area (Å²) in [4.78, 5) is 10.3. The highest BCUT2D eigenvalue weighted by atomic mass is 79.9. The van der Waals surface area contributed by atoms with E-state index in [-0.39, 0.29) is 10.2 Å². The zero-order valence-corrected chi connectivity index (χ0v) is 11.9. The van der Waals surface area contributed by atoms with Gasteiger partial charge in [-0.25, -0.2) is 4.39 Å². The Morgan fingerprint density at radius 3 is 3.00 bits per heavy atom. The van der Waals surface area contributed by atoms with Gasteiger partial charge in [-0.2, -0.15) is 0 Å². The molecule has 1 aliphatic heterocycles. The van der Waals surface area contributed by atoms with Crippen molar-refractivity contribution in [1.82, 2.24) is 5.32 Å².